The van der Waals surface area contributed by atoms with Gasteiger partial charge < -0.3 is 24.4 Å². The van der Waals surface area contributed by atoms with Crippen LogP contribution in [0.25, 0.3) is 0 Å². The van der Waals surface area contributed by atoms with Crippen LogP contribution in [0.15, 0.2) is 60.7 Å². The normalized spacial score (nSPS) is 25.3. The molecule has 1 aliphatic rings. The summed E-state index contributed by atoms with van der Waals surface area (Å²) in [6.07, 6.45) is -5.41. The number of aliphatic hydroxyl groups excluding tert-OH is 2. The summed E-state index contributed by atoms with van der Waals surface area (Å²) in [5.41, 5.74) is 0.529. The molecule has 0 bridgehead atoms. The number of esters is 2. The Morgan fingerprint density at radius 1 is 0.808 bits per heavy atom. The van der Waals surface area contributed by atoms with E-state index in [0.29, 0.717) is 0 Å². The van der Waals surface area contributed by atoms with Gasteiger partial charge in [-0.05, 0) is 24.3 Å². The number of carbonyl (C=O) groups is 2. The predicted molar refractivity (Wildman–Crippen MR) is 89.3 cm³/mol. The largest absolute Gasteiger partial charge is 0.452 e. The van der Waals surface area contributed by atoms with Gasteiger partial charge in [0.2, 0.25) is 0 Å². The molecule has 136 valence electrons. The van der Waals surface area contributed by atoms with Gasteiger partial charge in [-0.1, -0.05) is 36.4 Å². The predicted octanol–water partition coefficient (Wildman–Crippen LogP) is 1.15. The van der Waals surface area contributed by atoms with Crippen molar-refractivity contribution in [1.82, 2.24) is 0 Å². The fraction of sp³-hybridized carbons (Fsp3) is 0.263. The number of benzene rings is 2. The van der Waals surface area contributed by atoms with E-state index in [1.165, 1.54) is 0 Å². The van der Waals surface area contributed by atoms with Gasteiger partial charge in [-0.25, -0.2) is 9.59 Å². The van der Waals surface area contributed by atoms with E-state index < -0.39 is 36.5 Å². The van der Waals surface area contributed by atoms with E-state index in [0.717, 1.165) is 0 Å². The number of ether oxygens (including phenoxy) is 3. The van der Waals surface area contributed by atoms with Crippen molar-refractivity contribution in [3.8, 4) is 0 Å². The van der Waals surface area contributed by atoms with Crippen LogP contribution in [0.3, 0.4) is 0 Å². The second-order valence-electron chi connectivity index (χ2n) is 5.76. The van der Waals surface area contributed by atoms with Crippen LogP contribution in [0.2, 0.25) is 0 Å². The van der Waals surface area contributed by atoms with Crippen molar-refractivity contribution < 1.29 is 34.0 Å². The Balaban J connectivity index is 1.76. The summed E-state index contributed by atoms with van der Waals surface area (Å²) in [5, 5.41) is 20.2. The van der Waals surface area contributed by atoms with Gasteiger partial charge >= 0.3 is 11.9 Å². The maximum absolute atomic E-state index is 12.3. The third kappa shape index (κ3) is 4.08. The molecule has 0 radical (unpaired) electrons. The summed E-state index contributed by atoms with van der Waals surface area (Å²) in [6, 6.07) is 16.3. The molecule has 7 heteroatoms. The number of rotatable bonds is 4. The van der Waals surface area contributed by atoms with Crippen LogP contribution in [0.1, 0.15) is 20.7 Å². The van der Waals surface area contributed by atoms with Crippen LogP contribution < -0.4 is 0 Å². The van der Waals surface area contributed by atoms with Gasteiger partial charge in [-0.15, -0.1) is 0 Å². The standard InChI is InChI=1S/C19H18O7/c20-14-11-24-19(23)16(26-18(22)13-9-5-2-6-10-13)15(14)25-17(21)12-7-3-1-4-8-12/h1-10,14-16,19-20,23H,11H2/t14-,15+,16-,19+/m1/s1. The van der Waals surface area contributed by atoms with Crippen molar-refractivity contribution in [2.45, 2.75) is 24.6 Å². The summed E-state index contributed by atoms with van der Waals surface area (Å²) in [5.74, 6) is -1.43. The minimum absolute atomic E-state index is 0.257. The molecule has 7 nitrogen and oxygen atoms in total. The third-order valence-electron chi connectivity index (χ3n) is 3.93. The Morgan fingerprint density at radius 2 is 1.27 bits per heavy atom. The van der Waals surface area contributed by atoms with Crippen molar-refractivity contribution >= 4 is 11.9 Å². The van der Waals surface area contributed by atoms with Gasteiger partial charge in [0.25, 0.3) is 0 Å². The van der Waals surface area contributed by atoms with Crippen molar-refractivity contribution in [3.63, 3.8) is 0 Å². The first-order valence-corrected chi connectivity index (χ1v) is 8.06. The molecule has 1 heterocycles. The van der Waals surface area contributed by atoms with E-state index in [1.54, 1.807) is 60.7 Å². The van der Waals surface area contributed by atoms with E-state index in [4.69, 9.17) is 14.2 Å². The minimum atomic E-state index is -1.53. The summed E-state index contributed by atoms with van der Waals surface area (Å²) in [4.78, 5) is 24.5. The van der Waals surface area contributed by atoms with Crippen LogP contribution in [-0.2, 0) is 14.2 Å². The molecular weight excluding hydrogens is 340 g/mol. The molecule has 1 aliphatic heterocycles. The molecule has 3 rings (SSSR count). The van der Waals surface area contributed by atoms with Crippen molar-refractivity contribution in [2.24, 2.45) is 0 Å². The molecule has 2 N–H and O–H groups in total. The molecule has 0 amide bonds. The Bertz CT molecular complexity index is 681. The molecule has 0 spiro atoms. The van der Waals surface area contributed by atoms with E-state index in [1.807, 2.05) is 0 Å². The Kier molecular flexibility index (Phi) is 5.62. The van der Waals surface area contributed by atoms with Crippen LogP contribution in [0.4, 0.5) is 0 Å². The highest BCUT2D eigenvalue weighted by Crippen LogP contribution is 2.23. The Morgan fingerprint density at radius 3 is 1.77 bits per heavy atom. The lowest BCUT2D eigenvalue weighted by Gasteiger charge is -2.37. The minimum Gasteiger partial charge on any atom is -0.452 e. The maximum Gasteiger partial charge on any atom is 0.338 e. The van der Waals surface area contributed by atoms with E-state index in [9.17, 15) is 19.8 Å². The van der Waals surface area contributed by atoms with Crippen molar-refractivity contribution in [1.29, 1.82) is 0 Å². The first-order chi connectivity index (χ1) is 12.6. The molecule has 0 unspecified atom stereocenters. The number of carbonyl (C=O) groups excluding carboxylic acids is 2. The third-order valence-corrected chi connectivity index (χ3v) is 3.93. The smallest absolute Gasteiger partial charge is 0.338 e. The molecule has 4 atom stereocenters. The van der Waals surface area contributed by atoms with Crippen LogP contribution >= 0.6 is 0 Å². The Labute approximate surface area is 149 Å². The maximum atomic E-state index is 12.3. The van der Waals surface area contributed by atoms with Crippen LogP contribution in [0, 0.1) is 0 Å². The molecule has 1 fully saturated rings. The van der Waals surface area contributed by atoms with E-state index >= 15 is 0 Å². The number of hydrogen-bond donors (Lipinski definition) is 2. The zero-order chi connectivity index (χ0) is 18.5. The molecular formula is C19H18O7. The highest BCUT2D eigenvalue weighted by molar-refractivity contribution is 5.90. The second-order valence-corrected chi connectivity index (χ2v) is 5.76. The number of hydrogen-bond acceptors (Lipinski definition) is 7. The lowest BCUT2D eigenvalue weighted by Crippen LogP contribution is -2.56. The zero-order valence-corrected chi connectivity index (χ0v) is 13.7. The number of aliphatic hydroxyl groups is 2. The van der Waals surface area contributed by atoms with Gasteiger partial charge in [-0.2, -0.15) is 0 Å². The van der Waals surface area contributed by atoms with Gasteiger partial charge in [0.1, 0.15) is 6.10 Å². The average Bonchev–Trinajstić information content (AvgIpc) is 2.68. The fourth-order valence-electron chi connectivity index (χ4n) is 2.57. The quantitative estimate of drug-likeness (QED) is 0.790. The molecule has 0 saturated carbocycles. The second kappa shape index (κ2) is 8.09. The summed E-state index contributed by atoms with van der Waals surface area (Å²) in [6.45, 7) is -0.257. The molecule has 2 aromatic carbocycles. The lowest BCUT2D eigenvalue weighted by atomic mass is 10.0. The lowest BCUT2D eigenvalue weighted by molar-refractivity contribution is -0.251. The highest BCUT2D eigenvalue weighted by atomic mass is 16.7. The summed E-state index contributed by atoms with van der Waals surface area (Å²) >= 11 is 0. The molecule has 26 heavy (non-hydrogen) atoms. The summed E-state index contributed by atoms with van der Waals surface area (Å²) in [7, 11) is 0. The van der Waals surface area contributed by atoms with Crippen LogP contribution in [0.5, 0.6) is 0 Å². The van der Waals surface area contributed by atoms with Gasteiger partial charge in [-0.3, -0.25) is 0 Å². The first-order valence-electron chi connectivity index (χ1n) is 8.06. The van der Waals surface area contributed by atoms with Gasteiger partial charge in [0, 0.05) is 0 Å². The monoisotopic (exact) mass is 358 g/mol. The first kappa shape index (κ1) is 18.1. The van der Waals surface area contributed by atoms with Gasteiger partial charge in [0.15, 0.2) is 18.5 Å². The van der Waals surface area contributed by atoms with E-state index in [2.05, 4.69) is 0 Å². The Hall–Kier alpha value is -2.74. The zero-order valence-electron chi connectivity index (χ0n) is 13.7. The molecule has 2 aromatic rings. The van der Waals surface area contributed by atoms with Gasteiger partial charge in [0.05, 0.1) is 17.7 Å². The average molecular weight is 358 g/mol. The van der Waals surface area contributed by atoms with E-state index in [-0.39, 0.29) is 17.7 Å². The van der Waals surface area contributed by atoms with Crippen molar-refractivity contribution in [3.05, 3.63) is 71.8 Å². The molecule has 0 aromatic heterocycles. The fourth-order valence-corrected chi connectivity index (χ4v) is 2.57. The van der Waals surface area contributed by atoms with Crippen molar-refractivity contribution in [2.75, 3.05) is 6.61 Å². The van der Waals surface area contributed by atoms with Crippen LogP contribution in [-0.4, -0.2) is 53.4 Å². The topological polar surface area (TPSA) is 102 Å². The molecule has 1 saturated heterocycles. The highest BCUT2D eigenvalue weighted by Gasteiger charge is 2.44. The SMILES string of the molecule is O=C(O[C@@H]1[C@@H](OC(=O)c2ccccc2)[C@@H](O)OC[C@H]1O)c1ccccc1. The molecule has 0 aliphatic carbocycles. The summed E-state index contributed by atoms with van der Waals surface area (Å²) < 4.78 is 15.6.